The second kappa shape index (κ2) is 6.27. The third-order valence-corrected chi connectivity index (χ3v) is 3.00. The summed E-state index contributed by atoms with van der Waals surface area (Å²) < 4.78 is 2.23. The Morgan fingerprint density at radius 1 is 1.26 bits per heavy atom. The monoisotopic (exact) mass is 258 g/mol. The molecule has 1 N–H and O–H groups in total. The van der Waals surface area contributed by atoms with Crippen molar-refractivity contribution in [1.82, 2.24) is 9.55 Å². The topological polar surface area (TPSA) is 33.1 Å². The molecule has 0 aliphatic rings. The number of nitrogens with zero attached hydrogens (tertiary/aromatic N) is 3. The molecule has 2 rings (SSSR count). The first-order valence-electron chi connectivity index (χ1n) is 6.71. The van der Waals surface area contributed by atoms with Crippen LogP contribution in [0.3, 0.4) is 0 Å². The van der Waals surface area contributed by atoms with Gasteiger partial charge >= 0.3 is 0 Å². The highest BCUT2D eigenvalue weighted by molar-refractivity contribution is 5.48. The highest BCUT2D eigenvalue weighted by Gasteiger charge is 1.99. The van der Waals surface area contributed by atoms with Gasteiger partial charge in [0, 0.05) is 39.6 Å². The van der Waals surface area contributed by atoms with Gasteiger partial charge in [-0.25, -0.2) is 4.98 Å². The number of aromatic nitrogens is 2. The molecule has 4 nitrogen and oxygen atoms in total. The van der Waals surface area contributed by atoms with Crippen LogP contribution in [0.25, 0.3) is 0 Å². The van der Waals surface area contributed by atoms with Crippen LogP contribution in [-0.4, -0.2) is 23.6 Å². The minimum atomic E-state index is 0.833. The van der Waals surface area contributed by atoms with Crippen molar-refractivity contribution in [2.45, 2.75) is 26.4 Å². The number of anilines is 2. The van der Waals surface area contributed by atoms with Crippen LogP contribution < -0.4 is 10.2 Å². The van der Waals surface area contributed by atoms with Crippen LogP contribution in [0.2, 0.25) is 0 Å². The highest BCUT2D eigenvalue weighted by atomic mass is 15.1. The summed E-state index contributed by atoms with van der Waals surface area (Å²) in [7, 11) is 3.98. The van der Waals surface area contributed by atoms with Crippen molar-refractivity contribution in [3.8, 4) is 0 Å². The summed E-state index contributed by atoms with van der Waals surface area (Å²) in [6.45, 7) is 4.11. The summed E-state index contributed by atoms with van der Waals surface area (Å²) in [6.07, 6.45) is 7.36. The van der Waals surface area contributed by atoms with E-state index in [1.165, 1.54) is 5.56 Å². The zero-order valence-corrected chi connectivity index (χ0v) is 11.9. The lowest BCUT2D eigenvalue weighted by Crippen LogP contribution is -2.10. The van der Waals surface area contributed by atoms with Gasteiger partial charge in [-0.05, 0) is 30.2 Å². The molecule has 0 unspecified atom stereocenters. The van der Waals surface area contributed by atoms with E-state index in [9.17, 15) is 0 Å². The van der Waals surface area contributed by atoms with Crippen molar-refractivity contribution in [1.29, 1.82) is 0 Å². The lowest BCUT2D eigenvalue weighted by atomic mass is 10.3. The molecule has 102 valence electrons. The first kappa shape index (κ1) is 13.5. The summed E-state index contributed by atoms with van der Waals surface area (Å²) >= 11 is 0. The van der Waals surface area contributed by atoms with Crippen LogP contribution in [0, 0.1) is 0 Å². The fourth-order valence-corrected chi connectivity index (χ4v) is 1.95. The van der Waals surface area contributed by atoms with Gasteiger partial charge in [0.05, 0.1) is 11.9 Å². The number of aryl methyl sites for hydroxylation is 1. The number of rotatable bonds is 6. The Bertz CT molecular complexity index is 499. The van der Waals surface area contributed by atoms with Crippen LogP contribution in [0.1, 0.15) is 18.9 Å². The molecule has 0 aliphatic heterocycles. The molecule has 2 aromatic heterocycles. The van der Waals surface area contributed by atoms with Gasteiger partial charge in [0.1, 0.15) is 5.82 Å². The molecule has 0 aliphatic carbocycles. The first-order chi connectivity index (χ1) is 9.19. The van der Waals surface area contributed by atoms with Gasteiger partial charge in [0.2, 0.25) is 0 Å². The molecule has 0 aromatic carbocycles. The van der Waals surface area contributed by atoms with Crippen molar-refractivity contribution in [2.75, 3.05) is 24.3 Å². The van der Waals surface area contributed by atoms with Gasteiger partial charge in [0.25, 0.3) is 0 Å². The van der Waals surface area contributed by atoms with Crippen LogP contribution >= 0.6 is 0 Å². The predicted molar refractivity (Wildman–Crippen MR) is 80.6 cm³/mol. The van der Waals surface area contributed by atoms with Crippen molar-refractivity contribution in [2.24, 2.45) is 0 Å². The van der Waals surface area contributed by atoms with E-state index in [2.05, 4.69) is 46.3 Å². The van der Waals surface area contributed by atoms with Crippen molar-refractivity contribution in [3.05, 3.63) is 42.4 Å². The fraction of sp³-hybridized carbons (Fsp3) is 0.400. The third kappa shape index (κ3) is 3.74. The molecule has 0 spiro atoms. The van der Waals surface area contributed by atoms with Gasteiger partial charge in [0.15, 0.2) is 0 Å². The van der Waals surface area contributed by atoms with E-state index < -0.39 is 0 Å². The zero-order valence-electron chi connectivity index (χ0n) is 11.9. The summed E-state index contributed by atoms with van der Waals surface area (Å²) in [4.78, 5) is 6.38. The molecule has 2 heterocycles. The van der Waals surface area contributed by atoms with E-state index in [0.717, 1.165) is 31.0 Å². The SMILES string of the molecule is CCCn1ccc(CNc2ccc(N(C)C)nc2)c1. The normalized spacial score (nSPS) is 10.5. The Morgan fingerprint density at radius 2 is 2.11 bits per heavy atom. The van der Waals surface area contributed by atoms with E-state index in [1.54, 1.807) is 0 Å². The van der Waals surface area contributed by atoms with Crippen molar-refractivity contribution < 1.29 is 0 Å². The van der Waals surface area contributed by atoms with Crippen LogP contribution in [0.5, 0.6) is 0 Å². The molecule has 0 saturated heterocycles. The molecule has 0 bridgehead atoms. The van der Waals surface area contributed by atoms with Crippen LogP contribution in [0.15, 0.2) is 36.8 Å². The van der Waals surface area contributed by atoms with E-state index in [4.69, 9.17) is 0 Å². The van der Waals surface area contributed by atoms with Gasteiger partial charge in [-0.15, -0.1) is 0 Å². The quantitative estimate of drug-likeness (QED) is 0.864. The molecule has 0 amide bonds. The van der Waals surface area contributed by atoms with E-state index in [0.29, 0.717) is 0 Å². The average molecular weight is 258 g/mol. The Balaban J connectivity index is 1.90. The standard InChI is InChI=1S/C15H22N4/c1-4-8-19-9-7-13(12-19)10-16-14-5-6-15(17-11-14)18(2)3/h5-7,9,11-12,16H,4,8,10H2,1-3H3. The van der Waals surface area contributed by atoms with Crippen molar-refractivity contribution in [3.63, 3.8) is 0 Å². The molecule has 0 fully saturated rings. The number of hydrogen-bond donors (Lipinski definition) is 1. The Morgan fingerprint density at radius 3 is 2.74 bits per heavy atom. The maximum atomic E-state index is 4.38. The third-order valence-electron chi connectivity index (χ3n) is 3.00. The zero-order chi connectivity index (χ0) is 13.7. The molecule has 0 radical (unpaired) electrons. The number of hydrogen-bond acceptors (Lipinski definition) is 3. The minimum Gasteiger partial charge on any atom is -0.380 e. The summed E-state index contributed by atoms with van der Waals surface area (Å²) in [6, 6.07) is 6.24. The lowest BCUT2D eigenvalue weighted by molar-refractivity contribution is 0.681. The highest BCUT2D eigenvalue weighted by Crippen LogP contribution is 2.13. The molecular weight excluding hydrogens is 236 g/mol. The Labute approximate surface area is 115 Å². The second-order valence-electron chi connectivity index (χ2n) is 4.91. The molecule has 2 aromatic rings. The van der Waals surface area contributed by atoms with E-state index >= 15 is 0 Å². The van der Waals surface area contributed by atoms with Crippen LogP contribution in [0.4, 0.5) is 11.5 Å². The van der Waals surface area contributed by atoms with E-state index in [-0.39, 0.29) is 0 Å². The fourth-order valence-electron chi connectivity index (χ4n) is 1.95. The molecule has 4 heteroatoms. The first-order valence-corrected chi connectivity index (χ1v) is 6.71. The maximum Gasteiger partial charge on any atom is 0.128 e. The van der Waals surface area contributed by atoms with Gasteiger partial charge in [-0.3, -0.25) is 0 Å². The smallest absolute Gasteiger partial charge is 0.128 e. The number of pyridine rings is 1. The Kier molecular flexibility index (Phi) is 4.44. The minimum absolute atomic E-state index is 0.833. The van der Waals surface area contributed by atoms with E-state index in [1.807, 2.05) is 31.3 Å². The molecular formula is C15H22N4. The largest absolute Gasteiger partial charge is 0.380 e. The summed E-state index contributed by atoms with van der Waals surface area (Å²) in [5.74, 6) is 0.972. The second-order valence-corrected chi connectivity index (χ2v) is 4.91. The Hall–Kier alpha value is -1.97. The predicted octanol–water partition coefficient (Wildman–Crippen LogP) is 2.97. The maximum absolute atomic E-state index is 4.38. The van der Waals surface area contributed by atoms with Gasteiger partial charge in [-0.2, -0.15) is 0 Å². The molecule has 0 atom stereocenters. The molecule has 0 saturated carbocycles. The molecule has 19 heavy (non-hydrogen) atoms. The van der Waals surface area contributed by atoms with Gasteiger partial charge < -0.3 is 14.8 Å². The summed E-state index contributed by atoms with van der Waals surface area (Å²) in [5, 5.41) is 3.39. The summed E-state index contributed by atoms with van der Waals surface area (Å²) in [5.41, 5.74) is 2.35. The number of nitrogens with one attached hydrogen (secondary N) is 1. The van der Waals surface area contributed by atoms with Gasteiger partial charge in [-0.1, -0.05) is 6.92 Å². The van der Waals surface area contributed by atoms with Crippen molar-refractivity contribution >= 4 is 11.5 Å². The lowest BCUT2D eigenvalue weighted by Gasteiger charge is -2.11. The van der Waals surface area contributed by atoms with Crippen LogP contribution in [-0.2, 0) is 13.1 Å². The average Bonchev–Trinajstić information content (AvgIpc) is 2.85.